The number of hydrogen-bond donors (Lipinski definition) is 3. The molecule has 0 radical (unpaired) electrons. The third-order valence-corrected chi connectivity index (χ3v) is 2.71. The summed E-state index contributed by atoms with van der Waals surface area (Å²) in [5.41, 5.74) is 0.384. The van der Waals surface area contributed by atoms with Gasteiger partial charge in [-0.15, -0.1) is 0 Å². The van der Waals surface area contributed by atoms with Crippen LogP contribution >= 0.6 is 12.2 Å². The van der Waals surface area contributed by atoms with Crippen molar-refractivity contribution in [1.82, 2.24) is 10.6 Å². The Balaban J connectivity index is 2.62. The highest BCUT2D eigenvalue weighted by atomic mass is 32.1. The zero-order valence-electron chi connectivity index (χ0n) is 12.1. The molecule has 0 saturated carbocycles. The van der Waals surface area contributed by atoms with Gasteiger partial charge in [-0.05, 0) is 31.3 Å². The fourth-order valence-corrected chi connectivity index (χ4v) is 1.65. The quantitative estimate of drug-likeness (QED) is 0.508. The number of carbonyl (C=O) groups excluding carboxylic acids is 1. The van der Waals surface area contributed by atoms with Gasteiger partial charge < -0.3 is 19.9 Å². The Morgan fingerprint density at radius 3 is 2.76 bits per heavy atom. The number of ether oxygens (including phenoxy) is 2. The van der Waals surface area contributed by atoms with E-state index in [0.717, 1.165) is 0 Å². The van der Waals surface area contributed by atoms with Crippen LogP contribution in [0.3, 0.4) is 0 Å². The second kappa shape index (κ2) is 9.28. The van der Waals surface area contributed by atoms with Crippen LogP contribution in [0.1, 0.15) is 17.3 Å². The van der Waals surface area contributed by atoms with E-state index in [1.807, 2.05) is 0 Å². The SMILES string of the molecule is COCCOc1ccccc1C(=O)NC(=S)NCC(C)O. The van der Waals surface area contributed by atoms with Gasteiger partial charge in [0.2, 0.25) is 0 Å². The van der Waals surface area contributed by atoms with Crippen molar-refractivity contribution >= 4 is 23.2 Å². The molecule has 0 aromatic heterocycles. The number of nitrogens with one attached hydrogen (secondary N) is 2. The van der Waals surface area contributed by atoms with Crippen LogP contribution in [-0.4, -0.2) is 49.1 Å². The van der Waals surface area contributed by atoms with Crippen LogP contribution in [0.25, 0.3) is 0 Å². The van der Waals surface area contributed by atoms with Crippen LogP contribution in [-0.2, 0) is 4.74 Å². The number of aliphatic hydroxyl groups excluding tert-OH is 1. The monoisotopic (exact) mass is 312 g/mol. The van der Waals surface area contributed by atoms with E-state index in [9.17, 15) is 4.79 Å². The average Bonchev–Trinajstić information content (AvgIpc) is 2.46. The number of amides is 1. The Bertz CT molecular complexity index is 480. The van der Waals surface area contributed by atoms with Crippen molar-refractivity contribution in [1.29, 1.82) is 0 Å². The second-order valence-corrected chi connectivity index (χ2v) is 4.76. The summed E-state index contributed by atoms with van der Waals surface area (Å²) < 4.78 is 10.4. The molecule has 0 bridgehead atoms. The van der Waals surface area contributed by atoms with Gasteiger partial charge in [0, 0.05) is 13.7 Å². The number of rotatable bonds is 7. The number of carbonyl (C=O) groups is 1. The second-order valence-electron chi connectivity index (χ2n) is 4.35. The van der Waals surface area contributed by atoms with Crippen LogP contribution in [0.4, 0.5) is 0 Å². The van der Waals surface area contributed by atoms with E-state index in [4.69, 9.17) is 26.8 Å². The first-order chi connectivity index (χ1) is 10.0. The zero-order chi connectivity index (χ0) is 15.7. The first-order valence-corrected chi connectivity index (χ1v) is 6.93. The molecule has 116 valence electrons. The molecule has 0 aliphatic heterocycles. The van der Waals surface area contributed by atoms with Crippen LogP contribution in [0.2, 0.25) is 0 Å². The highest BCUT2D eigenvalue weighted by Gasteiger charge is 2.13. The number of aliphatic hydroxyl groups is 1. The van der Waals surface area contributed by atoms with Crippen LogP contribution in [0, 0.1) is 0 Å². The number of thiocarbonyl (C=S) groups is 1. The third-order valence-electron chi connectivity index (χ3n) is 2.46. The average molecular weight is 312 g/mol. The number of benzene rings is 1. The fourth-order valence-electron chi connectivity index (χ4n) is 1.47. The lowest BCUT2D eigenvalue weighted by atomic mass is 10.2. The summed E-state index contributed by atoms with van der Waals surface area (Å²) >= 11 is 4.98. The van der Waals surface area contributed by atoms with E-state index in [1.54, 1.807) is 38.3 Å². The Hall–Kier alpha value is -1.70. The summed E-state index contributed by atoms with van der Waals surface area (Å²) in [5.74, 6) is 0.0940. The lowest BCUT2D eigenvalue weighted by Gasteiger charge is -2.13. The van der Waals surface area contributed by atoms with Crippen molar-refractivity contribution in [3.63, 3.8) is 0 Å². The Morgan fingerprint density at radius 1 is 1.38 bits per heavy atom. The van der Waals surface area contributed by atoms with Gasteiger partial charge in [0.15, 0.2) is 5.11 Å². The Kier molecular flexibility index (Phi) is 7.66. The lowest BCUT2D eigenvalue weighted by Crippen LogP contribution is -2.41. The minimum Gasteiger partial charge on any atom is -0.490 e. The van der Waals surface area contributed by atoms with Crippen LogP contribution in [0.15, 0.2) is 24.3 Å². The molecule has 1 amide bonds. The van der Waals surface area contributed by atoms with Gasteiger partial charge in [-0.3, -0.25) is 10.1 Å². The molecule has 6 nitrogen and oxygen atoms in total. The van der Waals surface area contributed by atoms with Crippen molar-refractivity contribution < 1.29 is 19.4 Å². The molecule has 0 aliphatic carbocycles. The van der Waals surface area contributed by atoms with Crippen molar-refractivity contribution in [3.05, 3.63) is 29.8 Å². The summed E-state index contributed by atoms with van der Waals surface area (Å²) in [6.07, 6.45) is -0.551. The topological polar surface area (TPSA) is 79.8 Å². The van der Waals surface area contributed by atoms with Gasteiger partial charge in [0.1, 0.15) is 12.4 Å². The predicted octanol–water partition coefficient (Wildman–Crippen LogP) is 0.697. The van der Waals surface area contributed by atoms with Crippen molar-refractivity contribution in [2.45, 2.75) is 13.0 Å². The maximum absolute atomic E-state index is 12.1. The van der Waals surface area contributed by atoms with Crippen molar-refractivity contribution in [2.75, 3.05) is 26.9 Å². The predicted molar refractivity (Wildman–Crippen MR) is 83.6 cm³/mol. The van der Waals surface area contributed by atoms with E-state index < -0.39 is 6.10 Å². The van der Waals surface area contributed by atoms with Gasteiger partial charge in [-0.1, -0.05) is 12.1 Å². The summed E-state index contributed by atoms with van der Waals surface area (Å²) in [6.45, 7) is 2.68. The number of methoxy groups -OCH3 is 1. The summed E-state index contributed by atoms with van der Waals surface area (Å²) in [4.78, 5) is 12.1. The lowest BCUT2D eigenvalue weighted by molar-refractivity contribution is 0.0968. The minimum atomic E-state index is -0.551. The van der Waals surface area contributed by atoms with Gasteiger partial charge in [0.05, 0.1) is 18.3 Å². The smallest absolute Gasteiger partial charge is 0.261 e. The molecule has 1 aromatic carbocycles. The number of para-hydroxylation sites is 1. The summed E-state index contributed by atoms with van der Waals surface area (Å²) in [7, 11) is 1.58. The molecular formula is C14H20N2O4S. The largest absolute Gasteiger partial charge is 0.490 e. The van der Waals surface area contributed by atoms with Crippen LogP contribution in [0.5, 0.6) is 5.75 Å². The van der Waals surface area contributed by atoms with E-state index in [2.05, 4.69) is 10.6 Å². The fraction of sp³-hybridized carbons (Fsp3) is 0.429. The standard InChI is InChI=1S/C14H20N2O4S/c1-10(17)9-15-14(21)16-13(18)11-5-3-4-6-12(11)20-8-7-19-2/h3-6,10,17H,7-9H2,1-2H3,(H2,15,16,18,21). The van der Waals surface area contributed by atoms with E-state index >= 15 is 0 Å². The molecule has 1 unspecified atom stereocenters. The highest BCUT2D eigenvalue weighted by Crippen LogP contribution is 2.17. The molecule has 0 saturated heterocycles. The maximum Gasteiger partial charge on any atom is 0.261 e. The molecule has 0 spiro atoms. The van der Waals surface area contributed by atoms with E-state index in [-0.39, 0.29) is 17.6 Å². The van der Waals surface area contributed by atoms with E-state index in [1.165, 1.54) is 0 Å². The van der Waals surface area contributed by atoms with Crippen molar-refractivity contribution in [3.8, 4) is 5.75 Å². The van der Waals surface area contributed by atoms with Gasteiger partial charge >= 0.3 is 0 Å². The summed E-state index contributed by atoms with van der Waals surface area (Å²) in [5, 5.41) is 14.6. The van der Waals surface area contributed by atoms with Crippen molar-refractivity contribution in [2.24, 2.45) is 0 Å². The van der Waals surface area contributed by atoms with Crippen LogP contribution < -0.4 is 15.4 Å². The molecule has 21 heavy (non-hydrogen) atoms. The van der Waals surface area contributed by atoms with Gasteiger partial charge in [-0.2, -0.15) is 0 Å². The first-order valence-electron chi connectivity index (χ1n) is 6.52. The molecule has 7 heteroatoms. The molecule has 0 fully saturated rings. The molecular weight excluding hydrogens is 292 g/mol. The molecule has 0 aliphatic rings. The minimum absolute atomic E-state index is 0.160. The molecule has 3 N–H and O–H groups in total. The van der Waals surface area contributed by atoms with E-state index in [0.29, 0.717) is 24.5 Å². The van der Waals surface area contributed by atoms with Gasteiger partial charge in [0.25, 0.3) is 5.91 Å². The zero-order valence-corrected chi connectivity index (χ0v) is 12.9. The highest BCUT2D eigenvalue weighted by molar-refractivity contribution is 7.80. The molecule has 1 aromatic rings. The van der Waals surface area contributed by atoms with Gasteiger partial charge in [-0.25, -0.2) is 0 Å². The molecule has 1 atom stereocenters. The third kappa shape index (κ3) is 6.52. The normalized spacial score (nSPS) is 11.6. The molecule has 0 heterocycles. The maximum atomic E-state index is 12.1. The number of hydrogen-bond acceptors (Lipinski definition) is 5. The Morgan fingerprint density at radius 2 is 2.10 bits per heavy atom. The summed E-state index contributed by atoms with van der Waals surface area (Å²) in [6, 6.07) is 6.87. The first kappa shape index (κ1) is 17.4. The Labute approximate surface area is 129 Å². The molecule has 1 rings (SSSR count).